The maximum atomic E-state index is 11.7. The highest BCUT2D eigenvalue weighted by molar-refractivity contribution is 7.73. The van der Waals surface area contributed by atoms with Crippen LogP contribution in [0.1, 0.15) is 10.4 Å². The second-order valence-electron chi connectivity index (χ2n) is 2.93. The second-order valence-corrected chi connectivity index (χ2v) is 3.91. The van der Waals surface area contributed by atoms with Gasteiger partial charge in [0, 0.05) is 12.7 Å². The number of hydrogen-bond donors (Lipinski definition) is 2. The van der Waals surface area contributed by atoms with Gasteiger partial charge in [0.1, 0.15) is 0 Å². The van der Waals surface area contributed by atoms with Crippen LogP contribution in [0.5, 0.6) is 0 Å². The normalized spacial score (nSPS) is 10.3. The molecule has 0 aliphatic heterocycles. The first-order valence-corrected chi connectivity index (χ1v) is 5.41. The van der Waals surface area contributed by atoms with Crippen molar-refractivity contribution in [3.05, 3.63) is 40.8 Å². The highest BCUT2D eigenvalue weighted by Gasteiger charge is 2.11. The van der Waals surface area contributed by atoms with E-state index in [1.165, 1.54) is 22.9 Å². The van der Waals surface area contributed by atoms with Crippen molar-refractivity contribution in [3.63, 3.8) is 0 Å². The smallest absolute Gasteiger partial charge is 0.262 e. The van der Waals surface area contributed by atoms with E-state index in [1.54, 1.807) is 0 Å². The molecule has 0 aliphatic rings. The molecule has 0 radical (unpaired) electrons. The first-order valence-electron chi connectivity index (χ1n) is 4.26. The molecular weight excluding hydrogens is 230 g/mol. The van der Waals surface area contributed by atoms with Gasteiger partial charge in [-0.25, -0.2) is 0 Å². The number of pyridine rings is 1. The van der Waals surface area contributed by atoms with Gasteiger partial charge in [-0.2, -0.15) is 10.6 Å². The molecule has 0 spiro atoms. The number of amides is 1. The van der Waals surface area contributed by atoms with Crippen LogP contribution in [0, 0.1) is 4.78 Å². The third-order valence-electron chi connectivity index (χ3n) is 1.90. The van der Waals surface area contributed by atoms with E-state index in [4.69, 9.17) is 10.5 Å². The van der Waals surface area contributed by atoms with Crippen LogP contribution in [-0.2, 0) is 21.3 Å². The number of allylic oxidation sites excluding steroid dienone is 1. The summed E-state index contributed by atoms with van der Waals surface area (Å²) in [5.74, 6) is -0.987. The molecule has 0 fully saturated rings. The van der Waals surface area contributed by atoms with Crippen molar-refractivity contribution in [2.75, 3.05) is 0 Å². The molecule has 6 nitrogen and oxygen atoms in total. The fourth-order valence-electron chi connectivity index (χ4n) is 1.22. The minimum Gasteiger partial charge on any atom is -0.440 e. The van der Waals surface area contributed by atoms with Crippen molar-refractivity contribution in [3.8, 4) is 0 Å². The largest absolute Gasteiger partial charge is 0.440 e. The number of primary amides is 1. The second kappa shape index (κ2) is 4.75. The monoisotopic (exact) mass is 240 g/mol. The quantitative estimate of drug-likeness (QED) is 0.580. The minimum absolute atomic E-state index is 0.169. The summed E-state index contributed by atoms with van der Waals surface area (Å²) >= 11 is 0. The molecule has 0 atom stereocenters. The van der Waals surface area contributed by atoms with E-state index >= 15 is 0 Å². The lowest BCUT2D eigenvalue weighted by Crippen LogP contribution is -2.30. The van der Waals surface area contributed by atoms with E-state index in [2.05, 4.69) is 6.58 Å². The van der Waals surface area contributed by atoms with Crippen molar-refractivity contribution in [1.29, 1.82) is 4.78 Å². The number of rotatable bonds is 4. The van der Waals surface area contributed by atoms with Gasteiger partial charge in [-0.3, -0.25) is 9.59 Å². The summed E-state index contributed by atoms with van der Waals surface area (Å²) < 4.78 is 19.2. The SMILES string of the molecule is C=CCn1ccc([S-](=N)=O)c(C(N)=O)c1=O. The van der Waals surface area contributed by atoms with Crippen molar-refractivity contribution >= 4 is 16.5 Å². The molecule has 0 unspecified atom stereocenters. The van der Waals surface area contributed by atoms with Crippen LogP contribution in [0.15, 0.2) is 34.6 Å². The Morgan fingerprint density at radius 1 is 1.69 bits per heavy atom. The zero-order valence-electron chi connectivity index (χ0n) is 8.30. The third-order valence-corrected chi connectivity index (χ3v) is 2.64. The fraction of sp³-hybridized carbons (Fsp3) is 0.111. The van der Waals surface area contributed by atoms with Gasteiger partial charge in [-0.15, -0.1) is 6.58 Å². The lowest BCUT2D eigenvalue weighted by Gasteiger charge is -2.10. The van der Waals surface area contributed by atoms with E-state index in [0.717, 1.165) is 0 Å². The van der Waals surface area contributed by atoms with Crippen LogP contribution in [0.4, 0.5) is 0 Å². The summed E-state index contributed by atoms with van der Waals surface area (Å²) in [6, 6.07) is 1.27. The predicted octanol–water partition coefficient (Wildman–Crippen LogP) is 0.218. The molecule has 0 saturated carbocycles. The summed E-state index contributed by atoms with van der Waals surface area (Å²) in [4.78, 5) is 22.6. The minimum atomic E-state index is -2.17. The van der Waals surface area contributed by atoms with Crippen molar-refractivity contribution in [2.45, 2.75) is 11.4 Å². The summed E-state index contributed by atoms with van der Waals surface area (Å²) in [5.41, 5.74) is 3.96. The molecule has 0 saturated heterocycles. The molecule has 0 aromatic carbocycles. The Balaban J connectivity index is 3.60. The zero-order valence-corrected chi connectivity index (χ0v) is 9.12. The topological polar surface area (TPSA) is 106 Å². The maximum absolute atomic E-state index is 11.7. The van der Waals surface area contributed by atoms with Crippen LogP contribution in [0.3, 0.4) is 0 Å². The third kappa shape index (κ3) is 2.19. The number of nitrogens with zero attached hydrogens (tertiary/aromatic N) is 1. The number of carbonyl (C=O) groups is 1. The van der Waals surface area contributed by atoms with E-state index < -0.39 is 27.6 Å². The fourth-order valence-corrected chi connectivity index (χ4v) is 1.78. The number of hydrogen-bond acceptors (Lipinski definition) is 5. The van der Waals surface area contributed by atoms with Gasteiger partial charge in [0.15, 0.2) is 0 Å². The first kappa shape index (κ1) is 12.2. The Bertz CT molecular complexity index is 564. The Morgan fingerprint density at radius 2 is 2.31 bits per heavy atom. The molecule has 3 N–H and O–H groups in total. The Morgan fingerprint density at radius 3 is 2.75 bits per heavy atom. The van der Waals surface area contributed by atoms with E-state index in [0.29, 0.717) is 0 Å². The zero-order chi connectivity index (χ0) is 12.3. The molecule has 1 aromatic rings. The van der Waals surface area contributed by atoms with Gasteiger partial charge in [0.2, 0.25) is 0 Å². The predicted molar refractivity (Wildman–Crippen MR) is 58.5 cm³/mol. The average Bonchev–Trinajstić information content (AvgIpc) is 2.20. The van der Waals surface area contributed by atoms with E-state index in [-0.39, 0.29) is 11.4 Å². The molecule has 1 aromatic heterocycles. The first-order chi connectivity index (χ1) is 7.49. The van der Waals surface area contributed by atoms with Gasteiger partial charge in [0.05, 0.1) is 5.56 Å². The summed E-state index contributed by atoms with van der Waals surface area (Å²) in [7, 11) is -2.17. The van der Waals surface area contributed by atoms with Crippen LogP contribution in [-0.4, -0.2) is 10.5 Å². The van der Waals surface area contributed by atoms with Gasteiger partial charge in [-0.1, -0.05) is 17.0 Å². The Hall–Kier alpha value is -1.89. The molecule has 86 valence electrons. The van der Waals surface area contributed by atoms with E-state index in [9.17, 15) is 13.8 Å². The summed E-state index contributed by atoms with van der Waals surface area (Å²) in [6.07, 6.45) is 2.82. The Kier molecular flexibility index (Phi) is 3.62. The Labute approximate surface area is 93.4 Å². The molecule has 0 aliphatic carbocycles. The molecule has 0 bridgehead atoms. The van der Waals surface area contributed by atoms with Gasteiger partial charge in [-0.05, 0) is 0 Å². The number of nitrogens with two attached hydrogens (primary N) is 1. The molecular formula is C9H10N3O3S-. The van der Waals surface area contributed by atoms with Crippen LogP contribution in [0.25, 0.3) is 0 Å². The summed E-state index contributed by atoms with van der Waals surface area (Å²) in [6.45, 7) is 3.67. The molecule has 16 heavy (non-hydrogen) atoms. The molecule has 1 amide bonds. The van der Waals surface area contributed by atoms with Gasteiger partial charge in [0.25, 0.3) is 11.5 Å². The lowest BCUT2D eigenvalue weighted by molar-refractivity contribution is 0.0995. The van der Waals surface area contributed by atoms with Crippen molar-refractivity contribution in [1.82, 2.24) is 4.57 Å². The standard InChI is InChI=1S/C9H10N3O3S/c1-2-4-12-5-3-6(16(11)15)7(8(10)13)9(12)14/h2-3,5,11H,1,4H2,(H2,10,13)/q-1. The average molecular weight is 240 g/mol. The van der Waals surface area contributed by atoms with Gasteiger partial charge >= 0.3 is 0 Å². The van der Waals surface area contributed by atoms with Crippen molar-refractivity contribution in [2.24, 2.45) is 5.73 Å². The number of nitrogens with one attached hydrogen (secondary N) is 1. The number of aromatic nitrogens is 1. The van der Waals surface area contributed by atoms with Gasteiger partial charge < -0.3 is 19.3 Å². The molecule has 1 rings (SSSR count). The van der Waals surface area contributed by atoms with E-state index in [1.807, 2.05) is 0 Å². The lowest BCUT2D eigenvalue weighted by atomic mass is 10.2. The van der Waals surface area contributed by atoms with Crippen LogP contribution >= 0.6 is 0 Å². The highest BCUT2D eigenvalue weighted by Crippen LogP contribution is 2.05. The molecule has 1 heterocycles. The highest BCUT2D eigenvalue weighted by atomic mass is 32.2. The summed E-state index contributed by atoms with van der Waals surface area (Å²) in [5, 5.41) is 0. The maximum Gasteiger partial charge on any atom is 0.262 e. The van der Waals surface area contributed by atoms with Crippen LogP contribution < -0.4 is 11.3 Å². The van der Waals surface area contributed by atoms with Crippen molar-refractivity contribution < 1.29 is 9.00 Å². The number of carbonyl (C=O) groups excluding carboxylic acids is 1. The van der Waals surface area contributed by atoms with Crippen LogP contribution in [0.2, 0.25) is 0 Å². The molecule has 7 heteroatoms.